The van der Waals surface area contributed by atoms with Crippen molar-refractivity contribution >= 4 is 23.4 Å². The summed E-state index contributed by atoms with van der Waals surface area (Å²) < 4.78 is 5.68. The van der Waals surface area contributed by atoms with Crippen LogP contribution in [0.4, 0.5) is 0 Å². The first kappa shape index (κ1) is 21.8. The third-order valence-electron chi connectivity index (χ3n) is 4.73. The van der Waals surface area contributed by atoms with Crippen LogP contribution >= 0.6 is 11.6 Å². The minimum Gasteiger partial charge on any atom is -0.484 e. The van der Waals surface area contributed by atoms with Crippen LogP contribution in [0.1, 0.15) is 30.0 Å². The standard InChI is InChI=1S/C22H27ClN2O3/c1-5-20(22(27)24-4)25(13-17-9-7-6-8-15(17)2)21(26)14-28-18-10-11-19(23)16(3)12-18/h6-12,20H,5,13-14H2,1-4H3,(H,24,27)/t20-/m0/s1. The second kappa shape index (κ2) is 10.1. The van der Waals surface area contributed by atoms with Gasteiger partial charge >= 0.3 is 0 Å². The van der Waals surface area contributed by atoms with Crippen molar-refractivity contribution in [3.63, 3.8) is 0 Å². The molecule has 2 amide bonds. The first-order chi connectivity index (χ1) is 13.4. The van der Waals surface area contributed by atoms with Gasteiger partial charge in [0.15, 0.2) is 6.61 Å². The maximum atomic E-state index is 13.0. The predicted molar refractivity (Wildman–Crippen MR) is 112 cm³/mol. The second-order valence-electron chi connectivity index (χ2n) is 6.69. The Balaban J connectivity index is 2.21. The zero-order valence-corrected chi connectivity index (χ0v) is 17.5. The Labute approximate surface area is 171 Å². The summed E-state index contributed by atoms with van der Waals surface area (Å²) >= 11 is 6.03. The van der Waals surface area contributed by atoms with Crippen molar-refractivity contribution < 1.29 is 14.3 Å². The zero-order chi connectivity index (χ0) is 20.7. The number of nitrogens with zero attached hydrogens (tertiary/aromatic N) is 1. The molecule has 0 radical (unpaired) electrons. The van der Waals surface area contributed by atoms with Gasteiger partial charge in [-0.05, 0) is 55.2 Å². The molecule has 2 rings (SSSR count). The highest BCUT2D eigenvalue weighted by molar-refractivity contribution is 6.31. The van der Waals surface area contributed by atoms with Gasteiger partial charge < -0.3 is 15.0 Å². The SMILES string of the molecule is CC[C@@H](C(=O)NC)N(Cc1ccccc1C)C(=O)COc1ccc(Cl)c(C)c1. The van der Waals surface area contributed by atoms with E-state index in [0.29, 0.717) is 23.7 Å². The molecular formula is C22H27ClN2O3. The highest BCUT2D eigenvalue weighted by Crippen LogP contribution is 2.21. The van der Waals surface area contributed by atoms with Crippen LogP contribution in [-0.4, -0.2) is 36.4 Å². The van der Waals surface area contributed by atoms with Crippen molar-refractivity contribution in [2.75, 3.05) is 13.7 Å². The summed E-state index contributed by atoms with van der Waals surface area (Å²) in [6, 6.07) is 12.5. The van der Waals surface area contributed by atoms with E-state index >= 15 is 0 Å². The van der Waals surface area contributed by atoms with Gasteiger partial charge in [0, 0.05) is 18.6 Å². The highest BCUT2D eigenvalue weighted by atomic mass is 35.5. The number of hydrogen-bond donors (Lipinski definition) is 1. The number of amides is 2. The van der Waals surface area contributed by atoms with Crippen LogP contribution in [0.5, 0.6) is 5.75 Å². The monoisotopic (exact) mass is 402 g/mol. The van der Waals surface area contributed by atoms with Crippen molar-refractivity contribution in [1.82, 2.24) is 10.2 Å². The molecule has 0 heterocycles. The van der Waals surface area contributed by atoms with E-state index in [1.807, 2.05) is 45.0 Å². The molecule has 0 saturated heterocycles. The topological polar surface area (TPSA) is 58.6 Å². The number of aryl methyl sites for hydroxylation is 2. The van der Waals surface area contributed by atoms with Crippen molar-refractivity contribution in [1.29, 1.82) is 0 Å². The minimum atomic E-state index is -0.562. The molecule has 6 heteroatoms. The number of carbonyl (C=O) groups is 2. The fraction of sp³-hybridized carbons (Fsp3) is 0.364. The van der Waals surface area contributed by atoms with Crippen LogP contribution < -0.4 is 10.1 Å². The van der Waals surface area contributed by atoms with Crippen LogP contribution in [0.3, 0.4) is 0 Å². The van der Waals surface area contributed by atoms with Gasteiger partial charge in [-0.15, -0.1) is 0 Å². The van der Waals surface area contributed by atoms with Gasteiger partial charge in [0.1, 0.15) is 11.8 Å². The summed E-state index contributed by atoms with van der Waals surface area (Å²) in [6.07, 6.45) is 0.511. The normalized spacial score (nSPS) is 11.6. The Morgan fingerprint density at radius 3 is 2.46 bits per heavy atom. The van der Waals surface area contributed by atoms with Crippen molar-refractivity contribution in [2.24, 2.45) is 0 Å². The first-order valence-corrected chi connectivity index (χ1v) is 9.69. The first-order valence-electron chi connectivity index (χ1n) is 9.31. The number of hydrogen-bond acceptors (Lipinski definition) is 3. The van der Waals surface area contributed by atoms with E-state index in [4.69, 9.17) is 16.3 Å². The van der Waals surface area contributed by atoms with Gasteiger partial charge in [-0.3, -0.25) is 9.59 Å². The van der Waals surface area contributed by atoms with Gasteiger partial charge in [-0.25, -0.2) is 0 Å². The molecule has 0 unspecified atom stereocenters. The molecule has 0 aromatic heterocycles. The van der Waals surface area contributed by atoms with E-state index in [1.165, 1.54) is 0 Å². The molecule has 0 spiro atoms. The smallest absolute Gasteiger partial charge is 0.261 e. The molecular weight excluding hydrogens is 376 g/mol. The quantitative estimate of drug-likeness (QED) is 0.728. The molecule has 0 aliphatic heterocycles. The van der Waals surface area contributed by atoms with Crippen LogP contribution in [0.15, 0.2) is 42.5 Å². The Bertz CT molecular complexity index is 838. The molecule has 0 fully saturated rings. The van der Waals surface area contributed by atoms with Crippen LogP contribution in [0, 0.1) is 13.8 Å². The van der Waals surface area contributed by atoms with E-state index in [-0.39, 0.29) is 18.4 Å². The second-order valence-corrected chi connectivity index (χ2v) is 7.09. The fourth-order valence-corrected chi connectivity index (χ4v) is 3.11. The summed E-state index contributed by atoms with van der Waals surface area (Å²) in [5, 5.41) is 3.29. The molecule has 5 nitrogen and oxygen atoms in total. The van der Waals surface area contributed by atoms with Crippen molar-refractivity contribution in [3.05, 3.63) is 64.2 Å². The molecule has 0 aliphatic rings. The van der Waals surface area contributed by atoms with Gasteiger partial charge in [0.2, 0.25) is 5.91 Å². The average Bonchev–Trinajstić information content (AvgIpc) is 2.69. The van der Waals surface area contributed by atoms with E-state index < -0.39 is 6.04 Å². The number of ether oxygens (including phenoxy) is 1. The Morgan fingerprint density at radius 1 is 1.14 bits per heavy atom. The molecule has 1 atom stereocenters. The van der Waals surface area contributed by atoms with Crippen molar-refractivity contribution in [2.45, 2.75) is 39.8 Å². The third-order valence-corrected chi connectivity index (χ3v) is 5.15. The van der Waals surface area contributed by atoms with Gasteiger partial charge in [-0.1, -0.05) is 42.8 Å². The molecule has 0 saturated carbocycles. The number of benzene rings is 2. The van der Waals surface area contributed by atoms with E-state index in [2.05, 4.69) is 5.32 Å². The summed E-state index contributed by atoms with van der Waals surface area (Å²) in [7, 11) is 1.58. The highest BCUT2D eigenvalue weighted by Gasteiger charge is 2.28. The summed E-state index contributed by atoms with van der Waals surface area (Å²) in [4.78, 5) is 26.9. The summed E-state index contributed by atoms with van der Waals surface area (Å²) in [6.45, 7) is 5.95. The molecule has 28 heavy (non-hydrogen) atoms. The lowest BCUT2D eigenvalue weighted by atomic mass is 10.1. The number of carbonyl (C=O) groups excluding carboxylic acids is 2. The Hall–Kier alpha value is -2.53. The van der Waals surface area contributed by atoms with Gasteiger partial charge in [-0.2, -0.15) is 0 Å². The minimum absolute atomic E-state index is 0.152. The van der Waals surface area contributed by atoms with Crippen LogP contribution in [0.25, 0.3) is 0 Å². The molecule has 1 N–H and O–H groups in total. The molecule has 150 valence electrons. The molecule has 0 bridgehead atoms. The lowest BCUT2D eigenvalue weighted by Crippen LogP contribution is -2.49. The lowest BCUT2D eigenvalue weighted by molar-refractivity contribution is -0.142. The maximum absolute atomic E-state index is 13.0. The Morgan fingerprint density at radius 2 is 1.86 bits per heavy atom. The van der Waals surface area contributed by atoms with Gasteiger partial charge in [0.25, 0.3) is 5.91 Å². The number of nitrogens with one attached hydrogen (secondary N) is 1. The predicted octanol–water partition coefficient (Wildman–Crippen LogP) is 3.89. The number of halogens is 1. The fourth-order valence-electron chi connectivity index (χ4n) is 2.99. The van der Waals surface area contributed by atoms with Gasteiger partial charge in [0.05, 0.1) is 0 Å². The van der Waals surface area contributed by atoms with Crippen LogP contribution in [-0.2, 0) is 16.1 Å². The maximum Gasteiger partial charge on any atom is 0.261 e. The summed E-state index contributed by atoms with van der Waals surface area (Å²) in [5.74, 6) is 0.136. The molecule has 2 aromatic rings. The van der Waals surface area contributed by atoms with E-state index in [1.54, 1.807) is 30.1 Å². The lowest BCUT2D eigenvalue weighted by Gasteiger charge is -2.30. The third kappa shape index (κ3) is 5.49. The summed E-state index contributed by atoms with van der Waals surface area (Å²) in [5.41, 5.74) is 2.95. The Kier molecular flexibility index (Phi) is 7.88. The largest absolute Gasteiger partial charge is 0.484 e. The molecule has 0 aliphatic carbocycles. The van der Waals surface area contributed by atoms with E-state index in [9.17, 15) is 9.59 Å². The van der Waals surface area contributed by atoms with Crippen LogP contribution in [0.2, 0.25) is 5.02 Å². The average molecular weight is 403 g/mol. The van der Waals surface area contributed by atoms with Crippen molar-refractivity contribution in [3.8, 4) is 5.75 Å². The van der Waals surface area contributed by atoms with E-state index in [0.717, 1.165) is 16.7 Å². The zero-order valence-electron chi connectivity index (χ0n) is 16.8. The molecule has 2 aromatic carbocycles. The number of likely N-dealkylation sites (N-methyl/N-ethyl adjacent to an activating group) is 1. The number of rotatable bonds is 8.